The molecule has 0 amide bonds. The summed E-state index contributed by atoms with van der Waals surface area (Å²) in [7, 11) is 1.65. The van der Waals surface area contributed by atoms with Crippen LogP contribution in [0.25, 0.3) is 0 Å². The van der Waals surface area contributed by atoms with Crippen molar-refractivity contribution < 1.29 is 14.2 Å². The highest BCUT2D eigenvalue weighted by Gasteiger charge is 2.10. The molecular formula is C10H15BrO3S. The van der Waals surface area contributed by atoms with Crippen LogP contribution < -0.4 is 0 Å². The quantitative estimate of drug-likeness (QED) is 0.571. The number of rotatable bonds is 7. The van der Waals surface area contributed by atoms with Gasteiger partial charge in [-0.15, -0.1) is 11.3 Å². The first kappa shape index (κ1) is 13.1. The monoisotopic (exact) mass is 294 g/mol. The zero-order chi connectivity index (χ0) is 11.1. The maximum Gasteiger partial charge on any atom is 0.147 e. The summed E-state index contributed by atoms with van der Waals surface area (Å²) >= 11 is 5.13. The van der Waals surface area contributed by atoms with Crippen LogP contribution >= 0.6 is 27.3 Å². The second-order valence-corrected chi connectivity index (χ2v) is 5.21. The van der Waals surface area contributed by atoms with Crippen LogP contribution in [-0.2, 0) is 14.2 Å². The molecule has 5 heteroatoms. The topological polar surface area (TPSA) is 27.7 Å². The van der Waals surface area contributed by atoms with Gasteiger partial charge in [-0.3, -0.25) is 0 Å². The predicted octanol–water partition coefficient (Wildman–Crippen LogP) is 3.21. The Balaban J connectivity index is 2.19. The van der Waals surface area contributed by atoms with Crippen LogP contribution in [0.3, 0.4) is 0 Å². The average molecular weight is 295 g/mol. The molecule has 86 valence electrons. The molecular weight excluding hydrogens is 280 g/mol. The van der Waals surface area contributed by atoms with E-state index in [1.54, 1.807) is 18.4 Å². The summed E-state index contributed by atoms with van der Waals surface area (Å²) in [6.45, 7) is 3.47. The van der Waals surface area contributed by atoms with Gasteiger partial charge < -0.3 is 14.2 Å². The van der Waals surface area contributed by atoms with Crippen molar-refractivity contribution in [1.82, 2.24) is 0 Å². The molecule has 0 saturated carbocycles. The summed E-state index contributed by atoms with van der Waals surface area (Å²) in [6.07, 6.45) is 0.0492. The molecule has 1 rings (SSSR count). The molecule has 15 heavy (non-hydrogen) atoms. The Morgan fingerprint density at radius 3 is 2.87 bits per heavy atom. The van der Waals surface area contributed by atoms with E-state index in [-0.39, 0.29) is 6.10 Å². The number of hydrogen-bond acceptors (Lipinski definition) is 4. The van der Waals surface area contributed by atoms with Crippen molar-refractivity contribution in [2.75, 3.05) is 27.1 Å². The van der Waals surface area contributed by atoms with E-state index in [1.807, 2.05) is 12.3 Å². The fourth-order valence-electron chi connectivity index (χ4n) is 1.04. The lowest BCUT2D eigenvalue weighted by Crippen LogP contribution is -2.08. The average Bonchev–Trinajstić information content (AvgIpc) is 2.64. The molecule has 0 bridgehead atoms. The lowest BCUT2D eigenvalue weighted by atomic mass is 10.2. The van der Waals surface area contributed by atoms with Gasteiger partial charge >= 0.3 is 0 Å². The Bertz CT molecular complexity index is 277. The molecule has 1 aromatic rings. The largest absolute Gasteiger partial charge is 0.382 e. The normalized spacial score (nSPS) is 13.0. The fourth-order valence-corrected chi connectivity index (χ4v) is 2.52. The van der Waals surface area contributed by atoms with Crippen molar-refractivity contribution >= 4 is 27.3 Å². The van der Waals surface area contributed by atoms with Crippen LogP contribution in [0.5, 0.6) is 0 Å². The molecule has 0 radical (unpaired) electrons. The van der Waals surface area contributed by atoms with Crippen molar-refractivity contribution in [3.8, 4) is 0 Å². The first-order valence-corrected chi connectivity index (χ1v) is 6.34. The van der Waals surface area contributed by atoms with Crippen LogP contribution in [0.2, 0.25) is 0 Å². The van der Waals surface area contributed by atoms with Gasteiger partial charge in [-0.1, -0.05) is 0 Å². The van der Waals surface area contributed by atoms with E-state index < -0.39 is 0 Å². The highest BCUT2D eigenvalue weighted by Crippen LogP contribution is 2.30. The van der Waals surface area contributed by atoms with Crippen molar-refractivity contribution in [1.29, 1.82) is 0 Å². The van der Waals surface area contributed by atoms with Gasteiger partial charge in [-0.2, -0.15) is 0 Å². The summed E-state index contributed by atoms with van der Waals surface area (Å²) in [5.41, 5.74) is 1.16. The third-order valence-electron chi connectivity index (χ3n) is 1.92. The van der Waals surface area contributed by atoms with Crippen molar-refractivity contribution in [3.63, 3.8) is 0 Å². The van der Waals surface area contributed by atoms with E-state index in [1.165, 1.54) is 0 Å². The van der Waals surface area contributed by atoms with Crippen molar-refractivity contribution in [3.05, 3.63) is 20.8 Å². The molecule has 0 aromatic carbocycles. The van der Waals surface area contributed by atoms with Crippen LogP contribution in [0.4, 0.5) is 0 Å². The van der Waals surface area contributed by atoms with E-state index in [0.29, 0.717) is 20.0 Å². The molecule has 0 spiro atoms. The molecule has 1 heterocycles. The minimum absolute atomic E-state index is 0.0492. The summed E-state index contributed by atoms with van der Waals surface area (Å²) < 4.78 is 16.7. The van der Waals surface area contributed by atoms with Crippen LogP contribution in [0.1, 0.15) is 18.6 Å². The molecule has 0 aliphatic rings. The van der Waals surface area contributed by atoms with Crippen LogP contribution in [-0.4, -0.2) is 27.1 Å². The van der Waals surface area contributed by atoms with E-state index in [4.69, 9.17) is 14.2 Å². The number of thiophene rings is 1. The minimum Gasteiger partial charge on any atom is -0.382 e. The van der Waals surface area contributed by atoms with Crippen molar-refractivity contribution in [2.24, 2.45) is 0 Å². The molecule has 1 unspecified atom stereocenters. The van der Waals surface area contributed by atoms with Gasteiger partial charge in [0, 0.05) is 12.7 Å². The molecule has 0 aliphatic heterocycles. The minimum atomic E-state index is 0.0492. The first-order chi connectivity index (χ1) is 7.25. The Morgan fingerprint density at radius 1 is 1.47 bits per heavy atom. The number of halogens is 1. The zero-order valence-electron chi connectivity index (χ0n) is 8.86. The Morgan fingerprint density at radius 2 is 2.27 bits per heavy atom. The van der Waals surface area contributed by atoms with E-state index in [2.05, 4.69) is 22.0 Å². The maximum atomic E-state index is 5.51. The molecule has 0 saturated heterocycles. The first-order valence-electron chi connectivity index (χ1n) is 4.67. The Hall–Kier alpha value is 0.0600. The lowest BCUT2D eigenvalue weighted by molar-refractivity contribution is -0.0938. The highest BCUT2D eigenvalue weighted by atomic mass is 79.9. The Labute approximate surface area is 102 Å². The summed E-state index contributed by atoms with van der Waals surface area (Å²) in [5.74, 6) is 0. The van der Waals surface area contributed by atoms with E-state index in [0.717, 1.165) is 9.35 Å². The molecule has 1 aromatic heterocycles. The molecule has 1 atom stereocenters. The number of methoxy groups -OCH3 is 1. The van der Waals surface area contributed by atoms with Crippen LogP contribution in [0.15, 0.2) is 15.2 Å². The second kappa shape index (κ2) is 7.35. The van der Waals surface area contributed by atoms with Gasteiger partial charge in [0.1, 0.15) is 6.79 Å². The molecule has 0 aliphatic carbocycles. The third kappa shape index (κ3) is 4.61. The Kier molecular flexibility index (Phi) is 6.43. The SMILES string of the molecule is COCCOCOC(C)c1ccsc1Br. The second-order valence-electron chi connectivity index (χ2n) is 2.98. The fraction of sp³-hybridized carbons (Fsp3) is 0.600. The molecule has 3 nitrogen and oxygen atoms in total. The zero-order valence-corrected chi connectivity index (χ0v) is 11.3. The standard InChI is InChI=1S/C10H15BrO3S/c1-8(9-3-6-15-10(9)11)14-7-13-5-4-12-2/h3,6,8H,4-5,7H2,1-2H3. The van der Waals surface area contributed by atoms with Gasteiger partial charge in [0.2, 0.25) is 0 Å². The number of ether oxygens (including phenoxy) is 3. The van der Waals surface area contributed by atoms with Gasteiger partial charge in [0.05, 0.1) is 23.1 Å². The van der Waals surface area contributed by atoms with Crippen LogP contribution in [0, 0.1) is 0 Å². The van der Waals surface area contributed by atoms with Gasteiger partial charge in [0.25, 0.3) is 0 Å². The summed E-state index contributed by atoms with van der Waals surface area (Å²) in [4.78, 5) is 0. The van der Waals surface area contributed by atoms with Crippen molar-refractivity contribution in [2.45, 2.75) is 13.0 Å². The van der Waals surface area contributed by atoms with Gasteiger partial charge in [-0.25, -0.2) is 0 Å². The summed E-state index contributed by atoms with van der Waals surface area (Å²) in [5, 5.41) is 2.03. The lowest BCUT2D eigenvalue weighted by Gasteiger charge is -2.12. The predicted molar refractivity (Wildman–Crippen MR) is 64.2 cm³/mol. The van der Waals surface area contributed by atoms with Gasteiger partial charge in [0.15, 0.2) is 0 Å². The maximum absolute atomic E-state index is 5.51. The summed E-state index contributed by atoms with van der Waals surface area (Å²) in [6, 6.07) is 2.05. The smallest absolute Gasteiger partial charge is 0.147 e. The highest BCUT2D eigenvalue weighted by molar-refractivity contribution is 9.11. The van der Waals surface area contributed by atoms with E-state index in [9.17, 15) is 0 Å². The van der Waals surface area contributed by atoms with E-state index >= 15 is 0 Å². The number of hydrogen-bond donors (Lipinski definition) is 0. The molecule has 0 fully saturated rings. The molecule has 0 N–H and O–H groups in total. The third-order valence-corrected chi connectivity index (χ3v) is 3.65. The van der Waals surface area contributed by atoms with Gasteiger partial charge in [-0.05, 0) is 34.3 Å².